The van der Waals surface area contributed by atoms with Gasteiger partial charge in [-0.1, -0.05) is 28.9 Å². The first-order chi connectivity index (χ1) is 8.04. The molecule has 0 aromatic heterocycles. The third kappa shape index (κ3) is 4.44. The van der Waals surface area contributed by atoms with Crippen LogP contribution in [-0.4, -0.2) is 17.5 Å². The van der Waals surface area contributed by atoms with Crippen LogP contribution in [0.15, 0.2) is 22.7 Å². The van der Waals surface area contributed by atoms with Crippen molar-refractivity contribution in [2.24, 2.45) is 0 Å². The standard InChI is InChI=1S/C12H17BrN2O2/c1-3-14-9(2)4-5-10-6-7-11(15(16)17)8-12(10)13/h6-9,14H,3-5H2,1-2H3. The van der Waals surface area contributed by atoms with Gasteiger partial charge >= 0.3 is 0 Å². The Labute approximate surface area is 110 Å². The Hall–Kier alpha value is -0.940. The first-order valence-electron chi connectivity index (χ1n) is 5.70. The molecule has 0 bridgehead atoms. The summed E-state index contributed by atoms with van der Waals surface area (Å²) in [5.74, 6) is 0. The Morgan fingerprint density at radius 2 is 2.24 bits per heavy atom. The molecule has 1 aromatic carbocycles. The number of benzene rings is 1. The van der Waals surface area contributed by atoms with E-state index in [1.807, 2.05) is 6.07 Å². The van der Waals surface area contributed by atoms with Gasteiger partial charge in [0.05, 0.1) is 4.92 Å². The number of hydrogen-bond acceptors (Lipinski definition) is 3. The summed E-state index contributed by atoms with van der Waals surface area (Å²) in [7, 11) is 0. The van der Waals surface area contributed by atoms with Gasteiger partial charge in [0, 0.05) is 22.6 Å². The van der Waals surface area contributed by atoms with Gasteiger partial charge in [-0.3, -0.25) is 10.1 Å². The van der Waals surface area contributed by atoms with Crippen molar-refractivity contribution in [1.29, 1.82) is 0 Å². The molecule has 1 N–H and O–H groups in total. The molecule has 4 nitrogen and oxygen atoms in total. The summed E-state index contributed by atoms with van der Waals surface area (Å²) in [5.41, 5.74) is 1.24. The molecule has 0 saturated heterocycles. The van der Waals surface area contributed by atoms with Crippen LogP contribution in [0.3, 0.4) is 0 Å². The molecule has 0 aliphatic rings. The SMILES string of the molecule is CCNC(C)CCc1ccc([N+](=O)[O-])cc1Br. The second-order valence-corrected chi connectivity index (χ2v) is 4.88. The fraction of sp³-hybridized carbons (Fsp3) is 0.500. The first-order valence-corrected chi connectivity index (χ1v) is 6.50. The summed E-state index contributed by atoms with van der Waals surface area (Å²) in [6, 6.07) is 5.40. The smallest absolute Gasteiger partial charge is 0.270 e. The van der Waals surface area contributed by atoms with E-state index in [2.05, 4.69) is 35.1 Å². The maximum absolute atomic E-state index is 10.6. The number of rotatable bonds is 6. The Balaban J connectivity index is 2.63. The van der Waals surface area contributed by atoms with Crippen molar-refractivity contribution in [2.75, 3.05) is 6.54 Å². The second kappa shape index (κ2) is 6.71. The van der Waals surface area contributed by atoms with E-state index in [9.17, 15) is 10.1 Å². The van der Waals surface area contributed by atoms with Crippen molar-refractivity contribution >= 4 is 21.6 Å². The van der Waals surface area contributed by atoms with E-state index in [1.165, 1.54) is 0 Å². The van der Waals surface area contributed by atoms with Crippen LogP contribution in [0.4, 0.5) is 5.69 Å². The molecule has 0 heterocycles. The highest BCUT2D eigenvalue weighted by Crippen LogP contribution is 2.24. The van der Waals surface area contributed by atoms with Gasteiger partial charge in [-0.2, -0.15) is 0 Å². The van der Waals surface area contributed by atoms with E-state index in [0.29, 0.717) is 6.04 Å². The third-order valence-electron chi connectivity index (χ3n) is 2.65. The predicted octanol–water partition coefficient (Wildman–Crippen LogP) is 3.29. The Kier molecular flexibility index (Phi) is 5.58. The largest absolute Gasteiger partial charge is 0.315 e. The number of nitro benzene ring substituents is 1. The molecular formula is C12H17BrN2O2. The number of aryl methyl sites for hydroxylation is 1. The van der Waals surface area contributed by atoms with E-state index >= 15 is 0 Å². The van der Waals surface area contributed by atoms with E-state index in [1.54, 1.807) is 12.1 Å². The van der Waals surface area contributed by atoms with Crippen molar-refractivity contribution in [3.63, 3.8) is 0 Å². The van der Waals surface area contributed by atoms with Crippen molar-refractivity contribution in [3.05, 3.63) is 38.3 Å². The van der Waals surface area contributed by atoms with Gasteiger partial charge in [0.2, 0.25) is 0 Å². The van der Waals surface area contributed by atoms with E-state index in [0.717, 1.165) is 29.4 Å². The number of non-ortho nitro benzene ring substituents is 1. The Bertz CT molecular complexity index is 396. The zero-order valence-electron chi connectivity index (χ0n) is 10.1. The van der Waals surface area contributed by atoms with Crippen molar-refractivity contribution in [1.82, 2.24) is 5.32 Å². The lowest BCUT2D eigenvalue weighted by molar-refractivity contribution is -0.384. The molecule has 0 saturated carbocycles. The van der Waals surface area contributed by atoms with Gasteiger partial charge in [-0.25, -0.2) is 0 Å². The summed E-state index contributed by atoms with van der Waals surface area (Å²) in [6.45, 7) is 5.18. The lowest BCUT2D eigenvalue weighted by Gasteiger charge is -2.12. The highest BCUT2D eigenvalue weighted by molar-refractivity contribution is 9.10. The third-order valence-corrected chi connectivity index (χ3v) is 3.38. The predicted molar refractivity (Wildman–Crippen MR) is 72.3 cm³/mol. The molecule has 5 heteroatoms. The second-order valence-electron chi connectivity index (χ2n) is 4.03. The first kappa shape index (κ1) is 14.1. The van der Waals surface area contributed by atoms with Crippen LogP contribution in [0.1, 0.15) is 25.8 Å². The van der Waals surface area contributed by atoms with Crippen LogP contribution in [-0.2, 0) is 6.42 Å². The zero-order chi connectivity index (χ0) is 12.8. The lowest BCUT2D eigenvalue weighted by Crippen LogP contribution is -2.25. The number of nitrogens with one attached hydrogen (secondary N) is 1. The van der Waals surface area contributed by atoms with Gasteiger partial charge < -0.3 is 5.32 Å². The summed E-state index contributed by atoms with van der Waals surface area (Å²) < 4.78 is 0.815. The number of halogens is 1. The van der Waals surface area contributed by atoms with Gasteiger partial charge in [-0.05, 0) is 31.9 Å². The molecule has 0 fully saturated rings. The lowest BCUT2D eigenvalue weighted by atomic mass is 10.1. The molecular weight excluding hydrogens is 284 g/mol. The van der Waals surface area contributed by atoms with Gasteiger partial charge in [0.25, 0.3) is 5.69 Å². The summed E-state index contributed by atoms with van der Waals surface area (Å²) >= 11 is 3.38. The van der Waals surface area contributed by atoms with E-state index < -0.39 is 0 Å². The molecule has 0 amide bonds. The quantitative estimate of drug-likeness (QED) is 0.648. The maximum Gasteiger partial charge on any atom is 0.270 e. The molecule has 0 spiro atoms. The molecule has 0 aliphatic heterocycles. The van der Waals surface area contributed by atoms with Crippen molar-refractivity contribution in [2.45, 2.75) is 32.7 Å². The number of nitro groups is 1. The molecule has 1 atom stereocenters. The van der Waals surface area contributed by atoms with Crippen LogP contribution in [0, 0.1) is 10.1 Å². The van der Waals surface area contributed by atoms with E-state index in [4.69, 9.17) is 0 Å². The average Bonchev–Trinajstić information content (AvgIpc) is 2.27. The van der Waals surface area contributed by atoms with Crippen LogP contribution in [0.5, 0.6) is 0 Å². The minimum absolute atomic E-state index is 0.125. The van der Waals surface area contributed by atoms with Crippen LogP contribution in [0.25, 0.3) is 0 Å². The van der Waals surface area contributed by atoms with Crippen LogP contribution < -0.4 is 5.32 Å². The number of nitrogens with zero attached hydrogens (tertiary/aromatic N) is 1. The molecule has 17 heavy (non-hydrogen) atoms. The van der Waals surface area contributed by atoms with Crippen molar-refractivity contribution in [3.8, 4) is 0 Å². The fourth-order valence-electron chi connectivity index (χ4n) is 1.68. The molecule has 1 rings (SSSR count). The molecule has 94 valence electrons. The highest BCUT2D eigenvalue weighted by atomic mass is 79.9. The molecule has 1 unspecified atom stereocenters. The average molecular weight is 301 g/mol. The normalized spacial score (nSPS) is 12.4. The minimum Gasteiger partial charge on any atom is -0.315 e. The van der Waals surface area contributed by atoms with Crippen molar-refractivity contribution < 1.29 is 4.92 Å². The van der Waals surface area contributed by atoms with Gasteiger partial charge in [0.15, 0.2) is 0 Å². The Morgan fingerprint density at radius 3 is 2.76 bits per heavy atom. The molecule has 0 radical (unpaired) electrons. The van der Waals surface area contributed by atoms with Gasteiger partial charge in [0.1, 0.15) is 0 Å². The zero-order valence-corrected chi connectivity index (χ0v) is 11.7. The Morgan fingerprint density at radius 1 is 1.53 bits per heavy atom. The summed E-state index contributed by atoms with van der Waals surface area (Å²) in [6.07, 6.45) is 1.93. The summed E-state index contributed by atoms with van der Waals surface area (Å²) in [5, 5.41) is 13.9. The number of hydrogen-bond donors (Lipinski definition) is 1. The topological polar surface area (TPSA) is 55.2 Å². The van der Waals surface area contributed by atoms with Crippen LogP contribution >= 0.6 is 15.9 Å². The van der Waals surface area contributed by atoms with E-state index in [-0.39, 0.29) is 10.6 Å². The van der Waals surface area contributed by atoms with Gasteiger partial charge in [-0.15, -0.1) is 0 Å². The minimum atomic E-state index is -0.379. The fourth-order valence-corrected chi connectivity index (χ4v) is 2.24. The highest BCUT2D eigenvalue weighted by Gasteiger charge is 2.09. The maximum atomic E-state index is 10.6. The molecule has 0 aliphatic carbocycles. The van der Waals surface area contributed by atoms with Crippen LogP contribution in [0.2, 0.25) is 0 Å². The monoisotopic (exact) mass is 300 g/mol. The summed E-state index contributed by atoms with van der Waals surface area (Å²) in [4.78, 5) is 10.2. The molecule has 1 aromatic rings.